The van der Waals surface area contributed by atoms with Crippen LogP contribution in [0.1, 0.15) is 37.8 Å². The number of amides is 1. The fourth-order valence-electron chi connectivity index (χ4n) is 2.88. The lowest BCUT2D eigenvalue weighted by Crippen LogP contribution is -2.33. The van der Waals surface area contributed by atoms with Gasteiger partial charge in [0.2, 0.25) is 5.95 Å². The van der Waals surface area contributed by atoms with Gasteiger partial charge in [0.25, 0.3) is 11.5 Å². The van der Waals surface area contributed by atoms with Crippen LogP contribution in [0.3, 0.4) is 0 Å². The molecule has 0 aliphatic heterocycles. The van der Waals surface area contributed by atoms with Gasteiger partial charge in [0.15, 0.2) is 0 Å². The fraction of sp³-hybridized carbons (Fsp3) is 0.227. The highest BCUT2D eigenvalue weighted by Crippen LogP contribution is 2.15. The Bertz CT molecular complexity index is 1070. The maximum Gasteiger partial charge on any atom is 0.262 e. The molecule has 144 valence electrons. The average Bonchev–Trinajstić information content (AvgIpc) is 2.71. The number of fused-ring (bicyclic) bond motifs is 1. The van der Waals surface area contributed by atoms with Gasteiger partial charge in [-0.3, -0.25) is 25.0 Å². The minimum absolute atomic E-state index is 0.148. The van der Waals surface area contributed by atoms with Crippen LogP contribution in [-0.4, -0.2) is 15.5 Å². The van der Waals surface area contributed by atoms with Crippen molar-refractivity contribution in [2.45, 2.75) is 33.2 Å². The van der Waals surface area contributed by atoms with Gasteiger partial charge in [0, 0.05) is 12.6 Å². The summed E-state index contributed by atoms with van der Waals surface area (Å²) in [5.41, 5.74) is 7.95. The highest BCUT2D eigenvalue weighted by atomic mass is 16.2. The molecule has 0 atom stereocenters. The normalized spacial score (nSPS) is 11.3. The van der Waals surface area contributed by atoms with E-state index in [-0.39, 0.29) is 11.5 Å². The number of benzene rings is 2. The highest BCUT2D eigenvalue weighted by molar-refractivity contribution is 5.92. The Kier molecular flexibility index (Phi) is 5.89. The summed E-state index contributed by atoms with van der Waals surface area (Å²) in [7, 11) is 0. The van der Waals surface area contributed by atoms with Crippen LogP contribution < -0.4 is 16.4 Å². The molecule has 2 N–H and O–H groups in total. The van der Waals surface area contributed by atoms with Crippen molar-refractivity contribution in [2.24, 2.45) is 0 Å². The van der Waals surface area contributed by atoms with E-state index >= 15 is 0 Å². The first-order chi connectivity index (χ1) is 13.5. The molecule has 2 aromatic carbocycles. The number of carbonyl (C=O) groups is 1. The van der Waals surface area contributed by atoms with Gasteiger partial charge in [-0.25, -0.2) is 4.98 Å². The standard InChI is InChI=1S/C22H24N4O2/c1-4-26-21(28)18-7-5-6-8-19(18)23-22(26)25-24-20(27)14-11-16-9-12-17(13-10-16)15(2)3/h5-15H,4H2,1-3H3,(H,23,25)(H,24,27)/b14-11+. The molecule has 0 aliphatic rings. The van der Waals surface area contributed by atoms with Crippen LogP contribution in [0, 0.1) is 0 Å². The lowest BCUT2D eigenvalue weighted by atomic mass is 10.0. The van der Waals surface area contributed by atoms with E-state index in [0.717, 1.165) is 5.56 Å². The van der Waals surface area contributed by atoms with Gasteiger partial charge < -0.3 is 0 Å². The number of para-hydroxylation sites is 1. The van der Waals surface area contributed by atoms with Crippen molar-refractivity contribution in [3.63, 3.8) is 0 Å². The van der Waals surface area contributed by atoms with Crippen LogP contribution >= 0.6 is 0 Å². The van der Waals surface area contributed by atoms with Gasteiger partial charge in [0.05, 0.1) is 10.9 Å². The summed E-state index contributed by atoms with van der Waals surface area (Å²) in [6, 6.07) is 15.2. The third-order valence-corrected chi connectivity index (χ3v) is 4.51. The van der Waals surface area contributed by atoms with Gasteiger partial charge in [0.1, 0.15) is 0 Å². The number of hydrazine groups is 1. The second-order valence-corrected chi connectivity index (χ2v) is 6.77. The van der Waals surface area contributed by atoms with Gasteiger partial charge in [-0.05, 0) is 42.2 Å². The van der Waals surface area contributed by atoms with E-state index in [1.807, 2.05) is 25.1 Å². The zero-order valence-electron chi connectivity index (χ0n) is 16.3. The smallest absolute Gasteiger partial charge is 0.262 e. The molecule has 0 saturated carbocycles. The van der Waals surface area contributed by atoms with Crippen LogP contribution in [0.15, 0.2) is 59.4 Å². The van der Waals surface area contributed by atoms with Crippen LogP contribution in [-0.2, 0) is 11.3 Å². The summed E-state index contributed by atoms with van der Waals surface area (Å²) in [5.74, 6) is 0.434. The van der Waals surface area contributed by atoms with Crippen LogP contribution in [0.25, 0.3) is 17.0 Å². The van der Waals surface area contributed by atoms with Crippen molar-refractivity contribution in [1.29, 1.82) is 0 Å². The van der Waals surface area contributed by atoms with E-state index in [0.29, 0.717) is 29.3 Å². The first-order valence-electron chi connectivity index (χ1n) is 9.33. The van der Waals surface area contributed by atoms with Crippen LogP contribution in [0.4, 0.5) is 5.95 Å². The van der Waals surface area contributed by atoms with E-state index in [1.165, 1.54) is 16.2 Å². The van der Waals surface area contributed by atoms with Gasteiger partial charge in [-0.1, -0.05) is 50.2 Å². The molecule has 6 nitrogen and oxygen atoms in total. The molecule has 1 aromatic heterocycles. The van der Waals surface area contributed by atoms with Crippen molar-refractivity contribution in [3.05, 3.63) is 76.1 Å². The van der Waals surface area contributed by atoms with Gasteiger partial charge in [-0.15, -0.1) is 0 Å². The molecule has 0 radical (unpaired) electrons. The average molecular weight is 376 g/mol. The number of hydrogen-bond donors (Lipinski definition) is 2. The van der Waals surface area contributed by atoms with Crippen molar-refractivity contribution in [3.8, 4) is 0 Å². The number of anilines is 1. The van der Waals surface area contributed by atoms with E-state index in [1.54, 1.807) is 24.3 Å². The Hall–Kier alpha value is -3.41. The van der Waals surface area contributed by atoms with Crippen molar-refractivity contribution in [2.75, 3.05) is 5.43 Å². The minimum atomic E-state index is -0.335. The van der Waals surface area contributed by atoms with Gasteiger partial charge in [-0.2, -0.15) is 0 Å². The molecule has 0 unspecified atom stereocenters. The summed E-state index contributed by atoms with van der Waals surface area (Å²) in [6.07, 6.45) is 3.18. The van der Waals surface area contributed by atoms with Crippen molar-refractivity contribution in [1.82, 2.24) is 15.0 Å². The van der Waals surface area contributed by atoms with E-state index in [4.69, 9.17) is 0 Å². The third kappa shape index (κ3) is 4.28. The molecule has 6 heteroatoms. The predicted octanol–water partition coefficient (Wildman–Crippen LogP) is 3.70. The molecule has 0 fully saturated rings. The second kappa shape index (κ2) is 8.52. The summed E-state index contributed by atoms with van der Waals surface area (Å²) >= 11 is 0. The molecule has 0 bridgehead atoms. The number of hydrogen-bond acceptors (Lipinski definition) is 4. The van der Waals surface area contributed by atoms with Crippen molar-refractivity contribution < 1.29 is 4.79 Å². The quantitative estimate of drug-likeness (QED) is 0.508. The SMILES string of the molecule is CCn1c(NNC(=O)/C=C/c2ccc(C(C)C)cc2)nc2ccccc2c1=O. The number of rotatable bonds is 6. The number of nitrogens with zero attached hydrogens (tertiary/aromatic N) is 2. The molecule has 0 saturated heterocycles. The summed E-state index contributed by atoms with van der Waals surface area (Å²) in [6.45, 7) is 6.57. The van der Waals surface area contributed by atoms with E-state index in [2.05, 4.69) is 41.8 Å². The molecule has 28 heavy (non-hydrogen) atoms. The molecule has 0 aliphatic carbocycles. The predicted molar refractivity (Wildman–Crippen MR) is 113 cm³/mol. The zero-order chi connectivity index (χ0) is 20.1. The number of aromatic nitrogens is 2. The fourth-order valence-corrected chi connectivity index (χ4v) is 2.88. The molecule has 1 amide bonds. The molecular formula is C22H24N4O2. The van der Waals surface area contributed by atoms with Crippen LogP contribution in [0.2, 0.25) is 0 Å². The first-order valence-corrected chi connectivity index (χ1v) is 9.33. The van der Waals surface area contributed by atoms with E-state index in [9.17, 15) is 9.59 Å². The Labute approximate surface area is 163 Å². The minimum Gasteiger partial charge on any atom is -0.277 e. The largest absolute Gasteiger partial charge is 0.277 e. The molecule has 1 heterocycles. The lowest BCUT2D eigenvalue weighted by molar-refractivity contribution is -0.116. The van der Waals surface area contributed by atoms with Crippen LogP contribution in [0.5, 0.6) is 0 Å². The Morgan fingerprint density at radius 3 is 2.54 bits per heavy atom. The Morgan fingerprint density at radius 2 is 1.86 bits per heavy atom. The zero-order valence-corrected chi connectivity index (χ0v) is 16.3. The molecular weight excluding hydrogens is 352 g/mol. The molecule has 3 rings (SSSR count). The third-order valence-electron chi connectivity index (χ3n) is 4.51. The van der Waals surface area contributed by atoms with Crippen molar-refractivity contribution >= 4 is 28.8 Å². The summed E-state index contributed by atoms with van der Waals surface area (Å²) in [4.78, 5) is 29.1. The highest BCUT2D eigenvalue weighted by Gasteiger charge is 2.09. The monoisotopic (exact) mass is 376 g/mol. The number of nitrogens with one attached hydrogen (secondary N) is 2. The topological polar surface area (TPSA) is 76.0 Å². The first kappa shape index (κ1) is 19.4. The maximum absolute atomic E-state index is 12.6. The number of carbonyl (C=O) groups excluding carboxylic acids is 1. The second-order valence-electron chi connectivity index (χ2n) is 6.77. The Balaban J connectivity index is 1.71. The van der Waals surface area contributed by atoms with Gasteiger partial charge >= 0.3 is 0 Å². The van der Waals surface area contributed by atoms with E-state index < -0.39 is 0 Å². The summed E-state index contributed by atoms with van der Waals surface area (Å²) < 4.78 is 1.48. The summed E-state index contributed by atoms with van der Waals surface area (Å²) in [5, 5.41) is 0.547. The maximum atomic E-state index is 12.6. The Morgan fingerprint density at radius 1 is 1.14 bits per heavy atom. The molecule has 3 aromatic rings. The molecule has 0 spiro atoms. The lowest BCUT2D eigenvalue weighted by Gasteiger charge is -2.13.